The Kier molecular flexibility index (Phi) is 6.27. The van der Waals surface area contributed by atoms with Crippen molar-refractivity contribution in [2.45, 2.75) is 82.8 Å². The summed E-state index contributed by atoms with van der Waals surface area (Å²) >= 11 is 0. The lowest BCUT2D eigenvalue weighted by Gasteiger charge is -2.36. The molecule has 190 valence electrons. The lowest BCUT2D eigenvalue weighted by molar-refractivity contribution is -0.130. The van der Waals surface area contributed by atoms with Crippen molar-refractivity contribution in [1.29, 1.82) is 0 Å². The number of fused-ring (bicyclic) bond motifs is 2. The highest BCUT2D eigenvalue weighted by atomic mass is 16.5. The molecule has 2 aromatic carbocycles. The van der Waals surface area contributed by atoms with E-state index < -0.39 is 5.54 Å². The van der Waals surface area contributed by atoms with Crippen molar-refractivity contribution in [3.05, 3.63) is 64.7 Å². The Morgan fingerprint density at radius 2 is 1.92 bits per heavy atom. The molecule has 5 rings (SSSR count). The van der Waals surface area contributed by atoms with Crippen molar-refractivity contribution in [3.8, 4) is 5.75 Å². The second-order valence-corrected chi connectivity index (χ2v) is 10.4. The van der Waals surface area contributed by atoms with Gasteiger partial charge in [0.05, 0.1) is 31.2 Å². The summed E-state index contributed by atoms with van der Waals surface area (Å²) < 4.78 is 5.83. The number of hydrogen-bond acceptors (Lipinski definition) is 5. The van der Waals surface area contributed by atoms with E-state index in [1.54, 1.807) is 6.07 Å². The van der Waals surface area contributed by atoms with Gasteiger partial charge in [-0.3, -0.25) is 14.5 Å². The Bertz CT molecular complexity index is 1210. The maximum atomic E-state index is 13.4. The molecular weight excluding hydrogens is 452 g/mol. The smallest absolute Gasteiger partial charge is 0.251 e. The number of guanidine groups is 1. The fourth-order valence-electron chi connectivity index (χ4n) is 5.87. The maximum absolute atomic E-state index is 13.4. The number of benzene rings is 2. The molecule has 2 amide bonds. The van der Waals surface area contributed by atoms with Crippen molar-refractivity contribution >= 4 is 17.8 Å². The second kappa shape index (κ2) is 9.26. The minimum atomic E-state index is -0.432. The molecule has 3 aliphatic rings. The van der Waals surface area contributed by atoms with Crippen LogP contribution in [0.15, 0.2) is 47.5 Å². The molecule has 0 bridgehead atoms. The van der Waals surface area contributed by atoms with Gasteiger partial charge in [0.15, 0.2) is 5.96 Å². The molecule has 1 aliphatic heterocycles. The maximum Gasteiger partial charge on any atom is 0.251 e. The summed E-state index contributed by atoms with van der Waals surface area (Å²) in [6, 6.07) is 13.9. The topological polar surface area (TPSA) is 97.0 Å². The van der Waals surface area contributed by atoms with Crippen LogP contribution in [-0.2, 0) is 16.8 Å². The third kappa shape index (κ3) is 4.25. The largest absolute Gasteiger partial charge is 0.494 e. The predicted molar refractivity (Wildman–Crippen MR) is 140 cm³/mol. The number of rotatable bonds is 8. The van der Waals surface area contributed by atoms with Crippen molar-refractivity contribution in [1.82, 2.24) is 10.2 Å². The Hall–Kier alpha value is -3.35. The summed E-state index contributed by atoms with van der Waals surface area (Å²) in [4.78, 5) is 32.7. The van der Waals surface area contributed by atoms with E-state index in [-0.39, 0.29) is 35.8 Å². The first kappa shape index (κ1) is 24.3. The first-order valence-corrected chi connectivity index (χ1v) is 13.2. The molecule has 7 nitrogen and oxygen atoms in total. The third-order valence-corrected chi connectivity index (χ3v) is 8.34. The van der Waals surface area contributed by atoms with Crippen LogP contribution in [0, 0.1) is 0 Å². The van der Waals surface area contributed by atoms with Crippen LogP contribution in [0.25, 0.3) is 0 Å². The molecule has 36 heavy (non-hydrogen) atoms. The van der Waals surface area contributed by atoms with E-state index in [9.17, 15) is 9.59 Å². The van der Waals surface area contributed by atoms with Crippen molar-refractivity contribution < 1.29 is 14.3 Å². The molecule has 1 atom stereocenters. The highest BCUT2D eigenvalue weighted by molar-refractivity contribution is 5.99. The van der Waals surface area contributed by atoms with Crippen LogP contribution in [-0.4, -0.2) is 34.8 Å². The molecule has 1 saturated carbocycles. The van der Waals surface area contributed by atoms with Crippen LogP contribution in [0.4, 0.5) is 0 Å². The molecule has 1 spiro atoms. The van der Waals surface area contributed by atoms with Gasteiger partial charge in [0.1, 0.15) is 5.75 Å². The van der Waals surface area contributed by atoms with Gasteiger partial charge < -0.3 is 15.8 Å². The molecule has 0 radical (unpaired) electrons. The number of nitrogens with one attached hydrogen (secondary N) is 1. The van der Waals surface area contributed by atoms with Crippen LogP contribution >= 0.6 is 0 Å². The molecule has 7 heteroatoms. The normalized spacial score (nSPS) is 21.2. The fourth-order valence-corrected chi connectivity index (χ4v) is 5.87. The number of amides is 2. The molecule has 1 unspecified atom stereocenters. The highest BCUT2D eigenvalue weighted by Crippen LogP contribution is 2.59. The van der Waals surface area contributed by atoms with E-state index in [0.717, 1.165) is 24.8 Å². The van der Waals surface area contributed by atoms with Crippen molar-refractivity contribution in [2.75, 3.05) is 6.61 Å². The van der Waals surface area contributed by atoms with E-state index in [2.05, 4.69) is 23.5 Å². The Labute approximate surface area is 213 Å². The van der Waals surface area contributed by atoms with E-state index in [1.807, 2.05) is 39.0 Å². The van der Waals surface area contributed by atoms with Gasteiger partial charge >= 0.3 is 0 Å². The number of hydrogen-bond donors (Lipinski definition) is 2. The van der Waals surface area contributed by atoms with E-state index in [4.69, 9.17) is 15.5 Å². The number of nitrogens with two attached hydrogens (primary N) is 1. The van der Waals surface area contributed by atoms with Gasteiger partial charge in [0.2, 0.25) is 5.91 Å². The van der Waals surface area contributed by atoms with Crippen LogP contribution in [0.2, 0.25) is 0 Å². The Morgan fingerprint density at radius 3 is 2.58 bits per heavy atom. The van der Waals surface area contributed by atoms with Crippen LogP contribution < -0.4 is 15.8 Å². The van der Waals surface area contributed by atoms with Gasteiger partial charge in [0.25, 0.3) is 5.91 Å². The first-order chi connectivity index (χ1) is 17.3. The summed E-state index contributed by atoms with van der Waals surface area (Å²) in [5.41, 5.74) is 9.99. The standard InChI is InChI=1S/C29H36N4O3/c1-4-29(5-2)17-25(34)33(27(30)32-29)18-20-15-19(11-12-24(20)36-6-3)26(35)31-23-16-28(13-14-28)22-10-8-7-9-21(22)23/h7-12,15,23H,4-6,13-14,16-18H2,1-3H3,(H2,30,32)(H,31,35). The van der Waals surface area contributed by atoms with Gasteiger partial charge in [-0.05, 0) is 73.8 Å². The highest BCUT2D eigenvalue weighted by Gasteiger charge is 2.52. The van der Waals surface area contributed by atoms with Crippen LogP contribution in [0.1, 0.15) is 92.4 Å². The average molecular weight is 489 g/mol. The second-order valence-electron chi connectivity index (χ2n) is 10.4. The third-order valence-electron chi connectivity index (χ3n) is 8.34. The summed E-state index contributed by atoms with van der Waals surface area (Å²) in [5, 5.41) is 3.26. The quantitative estimate of drug-likeness (QED) is 0.568. The lowest BCUT2D eigenvalue weighted by atomic mass is 9.88. The summed E-state index contributed by atoms with van der Waals surface area (Å²) in [7, 11) is 0. The zero-order valence-electron chi connectivity index (χ0n) is 21.5. The van der Waals surface area contributed by atoms with Crippen molar-refractivity contribution in [2.24, 2.45) is 10.7 Å². The summed E-state index contributed by atoms with van der Waals surface area (Å²) in [6.07, 6.45) is 5.17. The zero-order valence-corrected chi connectivity index (χ0v) is 21.5. The number of nitrogens with zero attached hydrogens (tertiary/aromatic N) is 2. The molecule has 1 fully saturated rings. The first-order valence-electron chi connectivity index (χ1n) is 13.2. The number of aliphatic imine (C=N–C) groups is 1. The van der Waals surface area contributed by atoms with Crippen LogP contribution in [0.3, 0.4) is 0 Å². The van der Waals surface area contributed by atoms with Crippen LogP contribution in [0.5, 0.6) is 5.75 Å². The monoisotopic (exact) mass is 488 g/mol. The lowest BCUT2D eigenvalue weighted by Crippen LogP contribution is -2.50. The molecule has 2 aliphatic carbocycles. The number of carbonyl (C=O) groups excluding carboxylic acids is 2. The fraction of sp³-hybridized carbons (Fsp3) is 0.483. The number of ether oxygens (including phenoxy) is 1. The molecular formula is C29H36N4O3. The molecule has 3 N–H and O–H groups in total. The summed E-state index contributed by atoms with van der Waals surface area (Å²) in [6.45, 7) is 6.67. The Morgan fingerprint density at radius 1 is 1.17 bits per heavy atom. The van der Waals surface area contributed by atoms with Gasteiger partial charge in [-0.15, -0.1) is 0 Å². The Balaban J connectivity index is 1.38. The van der Waals surface area contributed by atoms with Gasteiger partial charge in [0, 0.05) is 11.1 Å². The zero-order chi connectivity index (χ0) is 25.5. The molecule has 1 heterocycles. The van der Waals surface area contributed by atoms with Crippen molar-refractivity contribution in [3.63, 3.8) is 0 Å². The minimum absolute atomic E-state index is 0.00822. The molecule has 0 saturated heterocycles. The molecule has 0 aromatic heterocycles. The number of carbonyl (C=O) groups is 2. The van der Waals surface area contributed by atoms with Gasteiger partial charge in [-0.1, -0.05) is 38.1 Å². The van der Waals surface area contributed by atoms with Gasteiger partial charge in [-0.2, -0.15) is 0 Å². The predicted octanol–water partition coefficient (Wildman–Crippen LogP) is 4.60. The SMILES string of the molecule is CCOc1ccc(C(=O)NC2CC3(CC3)c3ccccc32)cc1CN1C(=O)CC(CC)(CC)N=C1N. The summed E-state index contributed by atoms with van der Waals surface area (Å²) in [5.74, 6) is 0.686. The van der Waals surface area contributed by atoms with E-state index >= 15 is 0 Å². The van der Waals surface area contributed by atoms with E-state index in [0.29, 0.717) is 24.3 Å². The van der Waals surface area contributed by atoms with E-state index in [1.165, 1.54) is 28.9 Å². The molecule has 2 aromatic rings. The average Bonchev–Trinajstić information content (AvgIpc) is 3.60. The minimum Gasteiger partial charge on any atom is -0.494 e. The van der Waals surface area contributed by atoms with Gasteiger partial charge in [-0.25, -0.2) is 4.99 Å².